The van der Waals surface area contributed by atoms with Gasteiger partial charge in [0.05, 0.1) is 6.10 Å². The summed E-state index contributed by atoms with van der Waals surface area (Å²) in [7, 11) is 1.66. The van der Waals surface area contributed by atoms with Crippen LogP contribution in [-0.2, 0) is 14.2 Å². The van der Waals surface area contributed by atoms with E-state index < -0.39 is 6.48 Å². The Morgan fingerprint density at radius 1 is 1.12 bits per heavy atom. The molecule has 184 valence electrons. The Hall–Kier alpha value is -0.420. The van der Waals surface area contributed by atoms with Gasteiger partial charge in [-0.3, -0.25) is 0 Å². The van der Waals surface area contributed by atoms with Gasteiger partial charge in [-0.05, 0) is 112 Å². The van der Waals surface area contributed by atoms with Crippen molar-refractivity contribution in [1.29, 1.82) is 0 Å². The van der Waals surface area contributed by atoms with Crippen molar-refractivity contribution >= 4 is 0 Å². The fourth-order valence-corrected chi connectivity index (χ4v) is 8.79. The number of hydrogen-bond acceptors (Lipinski definition) is 4. The lowest BCUT2D eigenvalue weighted by Gasteiger charge is -2.58. The summed E-state index contributed by atoms with van der Waals surface area (Å²) in [6.45, 7) is 10.0. The van der Waals surface area contributed by atoms with Gasteiger partial charge in [-0.1, -0.05) is 32.4 Å². The highest BCUT2D eigenvalue weighted by Crippen LogP contribution is 2.67. The van der Waals surface area contributed by atoms with Crippen LogP contribution in [0.1, 0.15) is 91.9 Å². The van der Waals surface area contributed by atoms with Crippen LogP contribution in [0.4, 0.5) is 0 Å². The molecule has 4 aliphatic rings. The molecule has 1 unspecified atom stereocenters. The van der Waals surface area contributed by atoms with E-state index >= 15 is 0 Å². The molecule has 0 spiro atoms. The molecule has 0 heterocycles. The van der Waals surface area contributed by atoms with Crippen LogP contribution in [0.15, 0.2) is 11.6 Å². The first-order valence-electron chi connectivity index (χ1n) is 13.5. The average molecular weight is 449 g/mol. The first-order chi connectivity index (χ1) is 15.4. The highest BCUT2D eigenvalue weighted by atomic mass is 16.8. The Morgan fingerprint density at radius 2 is 1.94 bits per heavy atom. The van der Waals surface area contributed by atoms with Crippen LogP contribution in [0.5, 0.6) is 0 Å². The van der Waals surface area contributed by atoms with Gasteiger partial charge in [0.25, 0.3) is 6.48 Å². The van der Waals surface area contributed by atoms with E-state index in [0.29, 0.717) is 24.0 Å². The molecule has 0 saturated heterocycles. The molecule has 4 nitrogen and oxygen atoms in total. The Balaban J connectivity index is 1.46. The van der Waals surface area contributed by atoms with E-state index in [0.717, 1.165) is 48.9 Å². The van der Waals surface area contributed by atoms with E-state index in [1.165, 1.54) is 44.9 Å². The zero-order chi connectivity index (χ0) is 22.9. The first-order valence-corrected chi connectivity index (χ1v) is 13.5. The summed E-state index contributed by atoms with van der Waals surface area (Å²) in [5.41, 5.74) is 2.50. The molecular weight excluding hydrogens is 400 g/mol. The monoisotopic (exact) mass is 448 g/mol. The molecule has 4 rings (SSSR count). The molecule has 0 aliphatic heterocycles. The van der Waals surface area contributed by atoms with Crippen molar-refractivity contribution in [2.45, 2.75) is 104 Å². The third-order valence-electron chi connectivity index (χ3n) is 10.4. The summed E-state index contributed by atoms with van der Waals surface area (Å²) in [5, 5.41) is 9.33. The van der Waals surface area contributed by atoms with Crippen molar-refractivity contribution in [3.63, 3.8) is 0 Å². The smallest absolute Gasteiger partial charge is 0.271 e. The Kier molecular flexibility index (Phi) is 7.76. The van der Waals surface area contributed by atoms with Crippen molar-refractivity contribution in [3.05, 3.63) is 11.6 Å². The minimum absolute atomic E-state index is 0.208. The van der Waals surface area contributed by atoms with Gasteiger partial charge in [0.1, 0.15) is 0 Å². The van der Waals surface area contributed by atoms with E-state index in [1.807, 2.05) is 6.92 Å². The molecule has 0 radical (unpaired) electrons. The Morgan fingerprint density at radius 3 is 2.66 bits per heavy atom. The molecule has 4 aliphatic carbocycles. The number of aliphatic hydroxyl groups is 1. The summed E-state index contributed by atoms with van der Waals surface area (Å²) < 4.78 is 17.1. The molecule has 1 N–H and O–H groups in total. The number of aliphatic hydroxyl groups excluding tert-OH is 1. The van der Waals surface area contributed by atoms with Crippen LogP contribution in [0.3, 0.4) is 0 Å². The topological polar surface area (TPSA) is 47.9 Å². The number of methoxy groups -OCH3 is 1. The van der Waals surface area contributed by atoms with Crippen LogP contribution in [0.25, 0.3) is 0 Å². The lowest BCUT2D eigenvalue weighted by Crippen LogP contribution is -2.51. The van der Waals surface area contributed by atoms with E-state index in [9.17, 15) is 5.11 Å². The SMILES string of the molecule is CCOC(OC)O[C@H]1CC[C@@]2(C)C(=CC[C@H]3[C@@H]4CC[C@H]([C@H](C)CCCO)[C@@]4(C)CC[C@@H]32)C1. The molecule has 0 aromatic rings. The van der Waals surface area contributed by atoms with Crippen molar-refractivity contribution in [2.75, 3.05) is 20.3 Å². The fraction of sp³-hybridized carbons (Fsp3) is 0.929. The van der Waals surface area contributed by atoms with E-state index in [2.05, 4.69) is 26.8 Å². The maximum absolute atomic E-state index is 9.33. The van der Waals surface area contributed by atoms with Crippen molar-refractivity contribution in [3.8, 4) is 0 Å². The normalized spacial score (nSPS) is 43.1. The molecule has 4 heteroatoms. The largest absolute Gasteiger partial charge is 0.396 e. The molecule has 0 aromatic heterocycles. The predicted molar refractivity (Wildman–Crippen MR) is 128 cm³/mol. The summed E-state index contributed by atoms with van der Waals surface area (Å²) in [4.78, 5) is 0. The predicted octanol–water partition coefficient (Wildman–Crippen LogP) is 6.33. The number of rotatable bonds is 9. The van der Waals surface area contributed by atoms with Crippen LogP contribution in [-0.4, -0.2) is 38.0 Å². The highest BCUT2D eigenvalue weighted by Gasteiger charge is 2.59. The standard InChI is InChI=1S/C28H48O4/c1-6-31-26(30-5)32-21-13-15-27(3)20(18-21)9-10-22-24-12-11-23(19(2)8-7-17-29)28(24,4)16-14-25(22)27/h9,19,21-26,29H,6-8,10-18H2,1-5H3/t19-,21+,22+,23-,24+,25+,26?,27+,28-/m1/s1. The number of allylic oxidation sites excluding steroid dienone is 1. The van der Waals surface area contributed by atoms with Gasteiger partial charge in [-0.25, -0.2) is 0 Å². The lowest BCUT2D eigenvalue weighted by molar-refractivity contribution is -0.295. The van der Waals surface area contributed by atoms with E-state index in [-0.39, 0.29) is 6.10 Å². The fourth-order valence-electron chi connectivity index (χ4n) is 8.79. The maximum Gasteiger partial charge on any atom is 0.271 e. The van der Waals surface area contributed by atoms with Gasteiger partial charge in [0.2, 0.25) is 0 Å². The second-order valence-corrected chi connectivity index (χ2v) is 11.8. The molecule has 0 aromatic carbocycles. The van der Waals surface area contributed by atoms with Crippen LogP contribution < -0.4 is 0 Å². The molecule has 0 bridgehead atoms. The number of fused-ring (bicyclic) bond motifs is 5. The number of hydrogen-bond donors (Lipinski definition) is 1. The quantitative estimate of drug-likeness (QED) is 0.331. The third kappa shape index (κ3) is 4.34. The van der Waals surface area contributed by atoms with Gasteiger partial charge < -0.3 is 19.3 Å². The minimum Gasteiger partial charge on any atom is -0.396 e. The lowest BCUT2D eigenvalue weighted by atomic mass is 9.47. The van der Waals surface area contributed by atoms with Crippen LogP contribution >= 0.6 is 0 Å². The molecular formula is C28H48O4. The first kappa shape index (κ1) is 24.7. The molecule has 3 saturated carbocycles. The highest BCUT2D eigenvalue weighted by molar-refractivity contribution is 5.25. The van der Waals surface area contributed by atoms with Gasteiger partial charge in [-0.15, -0.1) is 0 Å². The van der Waals surface area contributed by atoms with Crippen molar-refractivity contribution in [1.82, 2.24) is 0 Å². The summed E-state index contributed by atoms with van der Waals surface area (Å²) in [6, 6.07) is 0. The van der Waals surface area contributed by atoms with Gasteiger partial charge in [0, 0.05) is 20.3 Å². The van der Waals surface area contributed by atoms with Gasteiger partial charge >= 0.3 is 0 Å². The van der Waals surface area contributed by atoms with Crippen molar-refractivity contribution < 1.29 is 19.3 Å². The van der Waals surface area contributed by atoms with E-state index in [1.54, 1.807) is 12.7 Å². The second-order valence-electron chi connectivity index (χ2n) is 11.8. The molecule has 9 atom stereocenters. The van der Waals surface area contributed by atoms with Crippen LogP contribution in [0.2, 0.25) is 0 Å². The summed E-state index contributed by atoms with van der Waals surface area (Å²) >= 11 is 0. The van der Waals surface area contributed by atoms with E-state index in [4.69, 9.17) is 14.2 Å². The zero-order valence-corrected chi connectivity index (χ0v) is 21.3. The third-order valence-corrected chi connectivity index (χ3v) is 10.4. The average Bonchev–Trinajstić information content (AvgIpc) is 3.14. The van der Waals surface area contributed by atoms with Crippen LogP contribution in [0, 0.1) is 40.4 Å². The van der Waals surface area contributed by atoms with Gasteiger partial charge in [0.15, 0.2) is 0 Å². The molecule has 32 heavy (non-hydrogen) atoms. The minimum atomic E-state index is -0.537. The summed E-state index contributed by atoms with van der Waals surface area (Å²) in [6.07, 6.45) is 15.2. The number of ether oxygens (including phenoxy) is 3. The molecule has 3 fully saturated rings. The van der Waals surface area contributed by atoms with Gasteiger partial charge in [-0.2, -0.15) is 0 Å². The maximum atomic E-state index is 9.33. The second kappa shape index (κ2) is 10.1. The Labute approximate surface area is 196 Å². The zero-order valence-electron chi connectivity index (χ0n) is 21.3. The Bertz CT molecular complexity index is 662. The summed E-state index contributed by atoms with van der Waals surface area (Å²) in [5.74, 6) is 4.14. The molecule has 0 amide bonds. The van der Waals surface area contributed by atoms with Crippen molar-refractivity contribution in [2.24, 2.45) is 40.4 Å².